The van der Waals surface area contributed by atoms with Crippen LogP contribution >= 0.6 is 23.5 Å². The van der Waals surface area contributed by atoms with Crippen molar-refractivity contribution in [2.24, 2.45) is 4.99 Å². The van der Waals surface area contributed by atoms with E-state index in [1.54, 1.807) is 0 Å². The number of aliphatic imine (C=N–C) groups is 1. The van der Waals surface area contributed by atoms with Crippen LogP contribution in [0.2, 0.25) is 0 Å². The molecule has 0 amide bonds. The second-order valence-electron chi connectivity index (χ2n) is 9.19. The average Bonchev–Trinajstić information content (AvgIpc) is 2.84. The van der Waals surface area contributed by atoms with Crippen molar-refractivity contribution in [2.45, 2.75) is 55.4 Å². The van der Waals surface area contributed by atoms with E-state index >= 15 is 0 Å². The highest BCUT2D eigenvalue weighted by Gasteiger charge is 2.18. The second kappa shape index (κ2) is 12.3. The summed E-state index contributed by atoms with van der Waals surface area (Å²) in [4.78, 5) is 7.49. The van der Waals surface area contributed by atoms with Gasteiger partial charge in [0.2, 0.25) is 0 Å². The molecule has 0 atom stereocenters. The number of benzene rings is 4. The van der Waals surface area contributed by atoms with Gasteiger partial charge in [-0.15, -0.1) is 23.5 Å². The number of thioether (sulfide) groups is 2. The van der Waals surface area contributed by atoms with E-state index < -0.39 is 0 Å². The first-order valence-electron chi connectivity index (χ1n) is 12.2. The highest BCUT2D eigenvalue weighted by molar-refractivity contribution is 8.17. The van der Waals surface area contributed by atoms with Crippen LogP contribution in [-0.2, 0) is 0 Å². The van der Waals surface area contributed by atoms with Gasteiger partial charge in [-0.2, -0.15) is 0 Å². The number of rotatable bonds is 8. The zero-order valence-electron chi connectivity index (χ0n) is 21.6. The monoisotopic (exact) mass is 511 g/mol. The molecule has 0 aliphatic carbocycles. The maximum Gasteiger partial charge on any atom is 0.197 e. The SMILES string of the molecule is Cc1ccc(SC(C/C(=N/c2ccc(C)c(C)c2)Oc2cccc(C)c2)Sc2ccc(C)cc2)cc1. The number of hydrogen-bond donors (Lipinski definition) is 0. The molecule has 0 aliphatic rings. The van der Waals surface area contributed by atoms with Crippen molar-refractivity contribution < 1.29 is 4.74 Å². The van der Waals surface area contributed by atoms with Crippen LogP contribution in [-0.4, -0.2) is 10.5 Å². The standard InChI is InChI=1S/C32H33NOS2/c1-22-9-15-29(16-10-22)35-32(36-30-17-11-23(2)12-18-30)21-31(34-28-8-6-7-24(3)19-28)33-27-14-13-25(4)26(5)20-27/h6-20,32H,21H2,1-5H3/b33-31-. The summed E-state index contributed by atoms with van der Waals surface area (Å²) < 4.78 is 6.62. The molecule has 0 N–H and O–H groups in total. The van der Waals surface area contributed by atoms with E-state index in [0.29, 0.717) is 12.3 Å². The van der Waals surface area contributed by atoms with Crippen LogP contribution in [0.5, 0.6) is 5.75 Å². The molecule has 0 unspecified atom stereocenters. The molecule has 4 heteroatoms. The van der Waals surface area contributed by atoms with Gasteiger partial charge in [0.25, 0.3) is 0 Å². The zero-order valence-corrected chi connectivity index (χ0v) is 23.2. The van der Waals surface area contributed by atoms with E-state index in [9.17, 15) is 0 Å². The second-order valence-corrected chi connectivity index (χ2v) is 12.0. The summed E-state index contributed by atoms with van der Waals surface area (Å²) in [7, 11) is 0. The minimum absolute atomic E-state index is 0.186. The van der Waals surface area contributed by atoms with Crippen molar-refractivity contribution in [2.75, 3.05) is 0 Å². The third-order valence-corrected chi connectivity index (χ3v) is 8.41. The number of hydrogen-bond acceptors (Lipinski definition) is 4. The van der Waals surface area contributed by atoms with E-state index in [1.807, 2.05) is 35.7 Å². The summed E-state index contributed by atoms with van der Waals surface area (Å²) in [6.45, 7) is 10.6. The van der Waals surface area contributed by atoms with Gasteiger partial charge in [-0.05, 0) is 99.8 Å². The maximum absolute atomic E-state index is 6.44. The number of ether oxygens (including phenoxy) is 1. The lowest BCUT2D eigenvalue weighted by Gasteiger charge is -2.19. The average molecular weight is 512 g/mol. The van der Waals surface area contributed by atoms with Crippen molar-refractivity contribution in [1.29, 1.82) is 0 Å². The topological polar surface area (TPSA) is 21.6 Å². The molecular weight excluding hydrogens is 478 g/mol. The van der Waals surface area contributed by atoms with E-state index in [-0.39, 0.29) is 4.58 Å². The molecular formula is C32H33NOS2. The van der Waals surface area contributed by atoms with Crippen molar-refractivity contribution in [3.8, 4) is 5.75 Å². The molecule has 0 aliphatic heterocycles. The molecule has 0 spiro atoms. The number of aryl methyl sites for hydroxylation is 5. The molecule has 0 heterocycles. The summed E-state index contributed by atoms with van der Waals surface area (Å²) in [6.07, 6.45) is 0.679. The van der Waals surface area contributed by atoms with Crippen LogP contribution in [0.25, 0.3) is 0 Å². The van der Waals surface area contributed by atoms with Crippen LogP contribution in [0.4, 0.5) is 5.69 Å². The Balaban J connectivity index is 1.66. The van der Waals surface area contributed by atoms with E-state index in [4.69, 9.17) is 9.73 Å². The molecule has 2 nitrogen and oxygen atoms in total. The van der Waals surface area contributed by atoms with Gasteiger partial charge in [0.1, 0.15) is 5.75 Å². The molecule has 36 heavy (non-hydrogen) atoms. The molecule has 4 aromatic carbocycles. The van der Waals surface area contributed by atoms with Crippen LogP contribution in [0.1, 0.15) is 34.2 Å². The molecule has 4 aromatic rings. The Bertz CT molecular complexity index is 1280. The molecule has 0 bridgehead atoms. The van der Waals surface area contributed by atoms with E-state index in [0.717, 1.165) is 17.0 Å². The third-order valence-electron chi connectivity index (χ3n) is 5.89. The molecule has 0 radical (unpaired) electrons. The van der Waals surface area contributed by atoms with Crippen LogP contribution in [0.3, 0.4) is 0 Å². The molecule has 0 aromatic heterocycles. The Morgan fingerprint density at radius 3 is 1.83 bits per heavy atom. The summed E-state index contributed by atoms with van der Waals surface area (Å²) in [5.41, 5.74) is 7.10. The minimum atomic E-state index is 0.186. The molecule has 184 valence electrons. The Morgan fingerprint density at radius 2 is 1.28 bits per heavy atom. The van der Waals surface area contributed by atoms with Gasteiger partial charge in [0.15, 0.2) is 5.90 Å². The van der Waals surface area contributed by atoms with Gasteiger partial charge in [-0.1, -0.05) is 53.6 Å². The first kappa shape index (κ1) is 26.1. The first-order chi connectivity index (χ1) is 17.3. The molecule has 0 fully saturated rings. The van der Waals surface area contributed by atoms with Crippen molar-refractivity contribution in [3.05, 3.63) is 119 Å². The predicted molar refractivity (Wildman–Crippen MR) is 157 cm³/mol. The zero-order chi connectivity index (χ0) is 25.5. The lowest BCUT2D eigenvalue weighted by Crippen LogP contribution is -2.14. The van der Waals surface area contributed by atoms with Gasteiger partial charge >= 0.3 is 0 Å². The summed E-state index contributed by atoms with van der Waals surface area (Å²) in [6, 6.07) is 32.0. The Kier molecular flexibility index (Phi) is 8.95. The Morgan fingerprint density at radius 1 is 0.667 bits per heavy atom. The highest BCUT2D eigenvalue weighted by atomic mass is 32.2. The van der Waals surface area contributed by atoms with Gasteiger partial charge in [0.05, 0.1) is 10.3 Å². The minimum Gasteiger partial charge on any atom is -0.443 e. The Labute approximate surface area is 224 Å². The highest BCUT2D eigenvalue weighted by Crippen LogP contribution is 2.38. The molecule has 0 saturated carbocycles. The molecule has 4 rings (SSSR count). The fraction of sp³-hybridized carbons (Fsp3) is 0.219. The fourth-order valence-electron chi connectivity index (χ4n) is 3.65. The first-order valence-corrected chi connectivity index (χ1v) is 14.0. The van der Waals surface area contributed by atoms with Crippen molar-refractivity contribution >= 4 is 35.1 Å². The van der Waals surface area contributed by atoms with E-state index in [1.165, 1.54) is 32.0 Å². The van der Waals surface area contributed by atoms with Crippen LogP contribution < -0.4 is 4.74 Å². The third kappa shape index (κ3) is 7.78. The van der Waals surface area contributed by atoms with Gasteiger partial charge in [-0.25, -0.2) is 4.99 Å². The summed E-state index contributed by atoms with van der Waals surface area (Å²) in [5, 5.41) is 0. The Hall–Kier alpha value is -2.95. The van der Waals surface area contributed by atoms with Crippen molar-refractivity contribution in [1.82, 2.24) is 0 Å². The summed E-state index contributed by atoms with van der Waals surface area (Å²) in [5.74, 6) is 1.53. The summed E-state index contributed by atoms with van der Waals surface area (Å²) >= 11 is 3.71. The van der Waals surface area contributed by atoms with E-state index in [2.05, 4.69) is 113 Å². The lowest BCUT2D eigenvalue weighted by atomic mass is 10.1. The van der Waals surface area contributed by atoms with Crippen LogP contribution in [0, 0.1) is 34.6 Å². The van der Waals surface area contributed by atoms with Gasteiger partial charge in [-0.3, -0.25) is 0 Å². The van der Waals surface area contributed by atoms with Crippen LogP contribution in [0.15, 0.2) is 106 Å². The van der Waals surface area contributed by atoms with Gasteiger partial charge < -0.3 is 4.74 Å². The van der Waals surface area contributed by atoms with Gasteiger partial charge in [0, 0.05) is 16.2 Å². The molecule has 0 saturated heterocycles. The fourth-order valence-corrected chi connectivity index (χ4v) is 6.16. The maximum atomic E-state index is 6.44. The number of nitrogens with zero attached hydrogens (tertiary/aromatic N) is 1. The lowest BCUT2D eigenvalue weighted by molar-refractivity contribution is 0.535. The van der Waals surface area contributed by atoms with Crippen molar-refractivity contribution in [3.63, 3.8) is 0 Å². The predicted octanol–water partition coefficient (Wildman–Crippen LogP) is 9.64. The normalized spacial score (nSPS) is 11.7. The smallest absolute Gasteiger partial charge is 0.197 e. The largest absolute Gasteiger partial charge is 0.443 e. The quantitative estimate of drug-likeness (QED) is 0.102.